The number of rotatable bonds is 3. The summed E-state index contributed by atoms with van der Waals surface area (Å²) in [6.07, 6.45) is 0. The first-order chi connectivity index (χ1) is 9.33. The second-order valence-electron chi connectivity index (χ2n) is 3.88. The molecule has 0 aliphatic carbocycles. The van der Waals surface area contributed by atoms with Crippen LogP contribution in [0, 0.1) is 0 Å². The van der Waals surface area contributed by atoms with Crippen molar-refractivity contribution in [1.82, 2.24) is 0 Å². The van der Waals surface area contributed by atoms with Crippen LogP contribution >= 0.6 is 22.7 Å². The number of esters is 1. The van der Waals surface area contributed by atoms with Gasteiger partial charge in [-0.3, -0.25) is 0 Å². The number of ether oxygens (including phenoxy) is 1. The number of para-hydroxylation sites is 1. The highest BCUT2D eigenvalue weighted by molar-refractivity contribution is 7.17. The van der Waals surface area contributed by atoms with Crippen molar-refractivity contribution in [3.05, 3.63) is 64.2 Å². The van der Waals surface area contributed by atoms with Gasteiger partial charge in [0.25, 0.3) is 0 Å². The molecule has 3 aromatic rings. The Balaban J connectivity index is 1.78. The molecule has 0 fully saturated rings. The lowest BCUT2D eigenvalue weighted by Gasteiger charge is -2.01. The first-order valence-corrected chi connectivity index (χ1v) is 7.48. The van der Waals surface area contributed by atoms with E-state index < -0.39 is 0 Å². The fourth-order valence-corrected chi connectivity index (χ4v) is 3.26. The monoisotopic (exact) mass is 286 g/mol. The third-order valence-corrected chi connectivity index (χ3v) is 4.36. The van der Waals surface area contributed by atoms with Crippen molar-refractivity contribution in [3.8, 4) is 16.2 Å². The molecule has 0 radical (unpaired) electrons. The smallest absolute Gasteiger partial charge is 0.353 e. The average Bonchev–Trinajstić information content (AvgIpc) is 3.11. The zero-order chi connectivity index (χ0) is 13.1. The Kier molecular flexibility index (Phi) is 3.44. The Bertz CT molecular complexity index is 669. The molecule has 94 valence electrons. The van der Waals surface area contributed by atoms with Crippen molar-refractivity contribution in [2.45, 2.75) is 0 Å². The summed E-state index contributed by atoms with van der Waals surface area (Å²) in [7, 11) is 0. The van der Waals surface area contributed by atoms with Gasteiger partial charge in [-0.25, -0.2) is 4.79 Å². The second-order valence-corrected chi connectivity index (χ2v) is 5.74. The van der Waals surface area contributed by atoms with E-state index in [1.165, 1.54) is 11.3 Å². The molecule has 0 amide bonds. The van der Waals surface area contributed by atoms with E-state index in [1.807, 2.05) is 41.8 Å². The molecule has 2 heterocycles. The normalized spacial score (nSPS) is 10.3. The van der Waals surface area contributed by atoms with Gasteiger partial charge in [-0.05, 0) is 41.1 Å². The highest BCUT2D eigenvalue weighted by Gasteiger charge is 2.12. The van der Waals surface area contributed by atoms with E-state index >= 15 is 0 Å². The van der Waals surface area contributed by atoms with Crippen LogP contribution in [0.2, 0.25) is 0 Å². The van der Waals surface area contributed by atoms with Crippen molar-refractivity contribution in [3.63, 3.8) is 0 Å². The summed E-state index contributed by atoms with van der Waals surface area (Å²) in [5, 5.41) is 4.09. The van der Waals surface area contributed by atoms with Crippen LogP contribution in [0.5, 0.6) is 5.75 Å². The van der Waals surface area contributed by atoms with Crippen molar-refractivity contribution >= 4 is 28.6 Å². The molecular formula is C15H10O2S2. The lowest BCUT2D eigenvalue weighted by molar-refractivity contribution is 0.0740. The zero-order valence-electron chi connectivity index (χ0n) is 9.91. The first kappa shape index (κ1) is 12.1. The summed E-state index contributed by atoms with van der Waals surface area (Å²) >= 11 is 3.10. The Labute approximate surface area is 118 Å². The third kappa shape index (κ3) is 2.75. The number of thiophene rings is 2. The molecule has 0 saturated carbocycles. The predicted molar refractivity (Wildman–Crippen MR) is 79.0 cm³/mol. The van der Waals surface area contributed by atoms with Crippen LogP contribution in [0.25, 0.3) is 10.4 Å². The minimum absolute atomic E-state index is 0.308. The topological polar surface area (TPSA) is 26.3 Å². The Hall–Kier alpha value is -1.91. The van der Waals surface area contributed by atoms with Crippen molar-refractivity contribution in [2.24, 2.45) is 0 Å². The van der Waals surface area contributed by atoms with Gasteiger partial charge in [0.05, 0.1) is 0 Å². The molecular weight excluding hydrogens is 276 g/mol. The van der Waals surface area contributed by atoms with Gasteiger partial charge in [0.2, 0.25) is 0 Å². The average molecular weight is 286 g/mol. The summed E-state index contributed by atoms with van der Waals surface area (Å²) in [5.41, 5.74) is 1.15. The molecule has 0 spiro atoms. The van der Waals surface area contributed by atoms with E-state index in [0.717, 1.165) is 10.4 Å². The Morgan fingerprint density at radius 1 is 1.00 bits per heavy atom. The number of hydrogen-bond acceptors (Lipinski definition) is 4. The highest BCUT2D eigenvalue weighted by atomic mass is 32.1. The fraction of sp³-hybridized carbons (Fsp3) is 0. The van der Waals surface area contributed by atoms with E-state index in [9.17, 15) is 4.79 Å². The van der Waals surface area contributed by atoms with Gasteiger partial charge in [-0.1, -0.05) is 18.2 Å². The maximum Gasteiger partial charge on any atom is 0.353 e. The largest absolute Gasteiger partial charge is 0.422 e. The van der Waals surface area contributed by atoms with Gasteiger partial charge >= 0.3 is 5.97 Å². The van der Waals surface area contributed by atoms with Crippen LogP contribution in [0.1, 0.15) is 9.67 Å². The number of carbonyl (C=O) groups excluding carboxylic acids is 1. The zero-order valence-corrected chi connectivity index (χ0v) is 11.5. The second kappa shape index (κ2) is 5.38. The number of hydrogen-bond donors (Lipinski definition) is 0. The summed E-state index contributed by atoms with van der Waals surface area (Å²) in [4.78, 5) is 13.7. The van der Waals surface area contributed by atoms with Gasteiger partial charge in [0, 0.05) is 10.4 Å². The SMILES string of the molecule is O=C(Oc1ccccc1)c1ccc(-c2ccsc2)s1. The van der Waals surface area contributed by atoms with Crippen LogP contribution in [0.4, 0.5) is 0 Å². The lowest BCUT2D eigenvalue weighted by atomic mass is 10.3. The standard InChI is InChI=1S/C15H10O2S2/c16-15(17-12-4-2-1-3-5-12)14-7-6-13(19-14)11-8-9-18-10-11/h1-10H. The fourth-order valence-electron chi connectivity index (χ4n) is 1.65. The quantitative estimate of drug-likeness (QED) is 0.515. The third-order valence-electron chi connectivity index (χ3n) is 2.57. The summed E-state index contributed by atoms with van der Waals surface area (Å²) in [5.74, 6) is 0.260. The Morgan fingerprint density at radius 2 is 1.84 bits per heavy atom. The molecule has 4 heteroatoms. The summed E-state index contributed by atoms with van der Waals surface area (Å²) < 4.78 is 5.31. The van der Waals surface area contributed by atoms with Gasteiger partial charge in [-0.15, -0.1) is 11.3 Å². The minimum Gasteiger partial charge on any atom is -0.422 e. The molecule has 1 aromatic carbocycles. The molecule has 0 aliphatic heterocycles. The van der Waals surface area contributed by atoms with E-state index in [2.05, 4.69) is 5.38 Å². The molecule has 0 N–H and O–H groups in total. The van der Waals surface area contributed by atoms with E-state index in [1.54, 1.807) is 23.5 Å². The molecule has 0 saturated heterocycles. The van der Waals surface area contributed by atoms with Crippen LogP contribution in [0.3, 0.4) is 0 Å². The van der Waals surface area contributed by atoms with Crippen molar-refractivity contribution in [1.29, 1.82) is 0 Å². The van der Waals surface area contributed by atoms with Crippen LogP contribution in [0.15, 0.2) is 59.3 Å². The number of benzene rings is 1. The molecule has 0 aliphatic rings. The maximum atomic E-state index is 12.0. The molecule has 0 unspecified atom stereocenters. The summed E-state index contributed by atoms with van der Waals surface area (Å²) in [6.45, 7) is 0. The van der Waals surface area contributed by atoms with Gasteiger partial charge in [-0.2, -0.15) is 11.3 Å². The molecule has 0 bridgehead atoms. The Morgan fingerprint density at radius 3 is 2.58 bits per heavy atom. The minimum atomic E-state index is -0.308. The van der Waals surface area contributed by atoms with Gasteiger partial charge in [0.15, 0.2) is 0 Å². The highest BCUT2D eigenvalue weighted by Crippen LogP contribution is 2.30. The molecule has 2 nitrogen and oxygen atoms in total. The molecule has 2 aromatic heterocycles. The van der Waals surface area contributed by atoms with Gasteiger partial charge in [0.1, 0.15) is 10.6 Å². The van der Waals surface area contributed by atoms with E-state index in [4.69, 9.17) is 4.74 Å². The van der Waals surface area contributed by atoms with Gasteiger partial charge < -0.3 is 4.74 Å². The first-order valence-electron chi connectivity index (χ1n) is 5.72. The van der Waals surface area contributed by atoms with Crippen LogP contribution in [-0.4, -0.2) is 5.97 Å². The van der Waals surface area contributed by atoms with E-state index in [0.29, 0.717) is 10.6 Å². The number of carbonyl (C=O) groups is 1. The van der Waals surface area contributed by atoms with Crippen molar-refractivity contribution < 1.29 is 9.53 Å². The predicted octanol–water partition coefficient (Wildman–Crippen LogP) is 4.70. The van der Waals surface area contributed by atoms with Crippen LogP contribution < -0.4 is 4.74 Å². The van der Waals surface area contributed by atoms with E-state index in [-0.39, 0.29) is 5.97 Å². The summed E-state index contributed by atoms with van der Waals surface area (Å²) in [6, 6.07) is 14.9. The maximum absolute atomic E-state index is 12.0. The van der Waals surface area contributed by atoms with Crippen molar-refractivity contribution in [2.75, 3.05) is 0 Å². The molecule has 0 atom stereocenters. The molecule has 19 heavy (non-hydrogen) atoms. The molecule has 3 rings (SSSR count). The lowest BCUT2D eigenvalue weighted by Crippen LogP contribution is -2.05. The van der Waals surface area contributed by atoms with Crippen LogP contribution in [-0.2, 0) is 0 Å².